The second kappa shape index (κ2) is 7.50. The summed E-state index contributed by atoms with van der Waals surface area (Å²) in [5.41, 5.74) is 1.39. The molecule has 2 aromatic rings. The largest absolute Gasteiger partial charge is 0.322 e. The van der Waals surface area contributed by atoms with Crippen LogP contribution >= 0.6 is 0 Å². The molecular formula is C19H21N3O4S. The minimum atomic E-state index is -3.93. The number of sulfonamides is 1. The highest BCUT2D eigenvalue weighted by Crippen LogP contribution is 2.40. The molecule has 7 nitrogen and oxygen atoms in total. The molecule has 0 aliphatic carbocycles. The molecule has 0 fully saturated rings. The molecule has 3 N–H and O–H groups in total. The van der Waals surface area contributed by atoms with Crippen LogP contribution in [0.3, 0.4) is 0 Å². The van der Waals surface area contributed by atoms with Crippen molar-refractivity contribution in [2.24, 2.45) is 5.14 Å². The van der Waals surface area contributed by atoms with E-state index < -0.39 is 22.0 Å². The van der Waals surface area contributed by atoms with Gasteiger partial charge < -0.3 is 5.32 Å². The smallest absolute Gasteiger partial charge is 0.252 e. The number of carbonyl (C=O) groups is 2. The third-order valence-corrected chi connectivity index (χ3v) is 5.36. The molecule has 0 saturated heterocycles. The minimum absolute atomic E-state index is 0.124. The van der Waals surface area contributed by atoms with Gasteiger partial charge >= 0.3 is 0 Å². The number of benzene rings is 2. The van der Waals surface area contributed by atoms with E-state index in [4.69, 9.17) is 5.14 Å². The first-order chi connectivity index (χ1) is 12.8. The van der Waals surface area contributed by atoms with Crippen LogP contribution in [0.25, 0.3) is 0 Å². The maximum absolute atomic E-state index is 12.9. The summed E-state index contributed by atoms with van der Waals surface area (Å²) in [6.45, 7) is 1.98. The molecule has 1 atom stereocenters. The minimum Gasteiger partial charge on any atom is -0.322 e. The summed E-state index contributed by atoms with van der Waals surface area (Å²) in [5.74, 6) is -0.588. The van der Waals surface area contributed by atoms with Crippen LogP contribution in [0.1, 0.15) is 37.8 Å². The number of carbonyl (C=O) groups excluding carboxylic acids is 2. The highest BCUT2D eigenvalue weighted by atomic mass is 32.2. The van der Waals surface area contributed by atoms with E-state index in [1.54, 1.807) is 24.3 Å². The fourth-order valence-corrected chi connectivity index (χ4v) is 3.66. The van der Waals surface area contributed by atoms with Crippen molar-refractivity contribution in [1.29, 1.82) is 0 Å². The number of nitrogens with one attached hydrogen (secondary N) is 1. The van der Waals surface area contributed by atoms with Gasteiger partial charge in [-0.2, -0.15) is 0 Å². The Labute approximate surface area is 158 Å². The van der Waals surface area contributed by atoms with Crippen molar-refractivity contribution in [3.63, 3.8) is 0 Å². The maximum atomic E-state index is 12.9. The summed E-state index contributed by atoms with van der Waals surface area (Å²) < 4.78 is 23.3. The Hall–Kier alpha value is -2.71. The first kappa shape index (κ1) is 19.1. The molecule has 2 aromatic carbocycles. The molecule has 0 saturated carbocycles. The van der Waals surface area contributed by atoms with Crippen LogP contribution in [0.15, 0.2) is 53.4 Å². The van der Waals surface area contributed by atoms with Crippen LogP contribution in [0.5, 0.6) is 0 Å². The van der Waals surface area contributed by atoms with Gasteiger partial charge in [-0.3, -0.25) is 14.5 Å². The summed E-state index contributed by atoms with van der Waals surface area (Å²) >= 11 is 0. The molecule has 1 heterocycles. The molecule has 1 unspecified atom stereocenters. The normalized spacial score (nSPS) is 16.6. The first-order valence-electron chi connectivity index (χ1n) is 8.67. The number of fused-ring (bicyclic) bond motifs is 1. The Morgan fingerprint density at radius 1 is 1.19 bits per heavy atom. The van der Waals surface area contributed by atoms with E-state index in [0.29, 0.717) is 24.1 Å². The van der Waals surface area contributed by atoms with E-state index in [2.05, 4.69) is 5.32 Å². The molecule has 27 heavy (non-hydrogen) atoms. The van der Waals surface area contributed by atoms with Gasteiger partial charge in [0.05, 0.1) is 16.3 Å². The first-order valence-corrected chi connectivity index (χ1v) is 10.2. The van der Waals surface area contributed by atoms with E-state index in [-0.39, 0.29) is 16.5 Å². The summed E-state index contributed by atoms with van der Waals surface area (Å²) in [6.07, 6.45) is 1.84. The molecule has 3 rings (SSSR count). The predicted octanol–water partition coefficient (Wildman–Crippen LogP) is 2.55. The van der Waals surface area contributed by atoms with Gasteiger partial charge in [0.2, 0.25) is 15.9 Å². The van der Waals surface area contributed by atoms with Crippen LogP contribution < -0.4 is 15.4 Å². The predicted molar refractivity (Wildman–Crippen MR) is 103 cm³/mol. The lowest BCUT2D eigenvalue weighted by Crippen LogP contribution is -2.45. The monoisotopic (exact) mass is 387 g/mol. The highest BCUT2D eigenvalue weighted by molar-refractivity contribution is 7.89. The average Bonchev–Trinajstić information content (AvgIpc) is 2.64. The lowest BCUT2D eigenvalue weighted by molar-refractivity contribution is -0.124. The van der Waals surface area contributed by atoms with Crippen molar-refractivity contribution >= 4 is 33.2 Å². The number of hydrogen-bond donors (Lipinski definition) is 2. The molecule has 2 amide bonds. The molecule has 142 valence electrons. The number of amides is 2. The number of rotatable bonds is 5. The zero-order chi connectivity index (χ0) is 19.6. The number of hydrogen-bond acceptors (Lipinski definition) is 4. The maximum Gasteiger partial charge on any atom is 0.252 e. The van der Waals surface area contributed by atoms with Crippen molar-refractivity contribution in [2.75, 3.05) is 10.2 Å². The molecule has 0 bridgehead atoms. The molecular weight excluding hydrogens is 366 g/mol. The van der Waals surface area contributed by atoms with Crippen LogP contribution in [0, 0.1) is 0 Å². The van der Waals surface area contributed by atoms with E-state index in [1.165, 1.54) is 23.1 Å². The highest BCUT2D eigenvalue weighted by Gasteiger charge is 2.38. The third kappa shape index (κ3) is 3.86. The second-order valence-electron chi connectivity index (χ2n) is 6.39. The van der Waals surface area contributed by atoms with Crippen molar-refractivity contribution in [3.05, 3.63) is 54.1 Å². The number of anilines is 2. The average molecular weight is 387 g/mol. The SMILES string of the molecule is CCCCC(=O)N1c2ccc(S(N)(=O)=O)cc2NC(=O)C1c1ccccc1. The van der Waals surface area contributed by atoms with E-state index in [9.17, 15) is 18.0 Å². The Kier molecular flexibility index (Phi) is 5.29. The zero-order valence-corrected chi connectivity index (χ0v) is 15.7. The summed E-state index contributed by atoms with van der Waals surface area (Å²) in [4.78, 5) is 27.1. The van der Waals surface area contributed by atoms with E-state index in [0.717, 1.165) is 6.42 Å². The molecule has 1 aliphatic rings. The fourth-order valence-electron chi connectivity index (χ4n) is 3.12. The third-order valence-electron chi connectivity index (χ3n) is 4.45. The van der Waals surface area contributed by atoms with Crippen LogP contribution in [0.2, 0.25) is 0 Å². The molecule has 8 heteroatoms. The standard InChI is InChI=1S/C19H21N3O4S/c1-2-3-9-17(23)22-16-11-10-14(27(20,25)26)12-15(16)21-19(24)18(22)13-7-5-4-6-8-13/h4-8,10-12,18H,2-3,9H2,1H3,(H,21,24)(H2,20,25,26). The van der Waals surface area contributed by atoms with E-state index in [1.807, 2.05) is 13.0 Å². The van der Waals surface area contributed by atoms with Crippen molar-refractivity contribution < 1.29 is 18.0 Å². The van der Waals surface area contributed by atoms with Gasteiger partial charge in [0.15, 0.2) is 0 Å². The number of nitrogens with two attached hydrogens (primary N) is 1. The lowest BCUT2D eigenvalue weighted by Gasteiger charge is -2.37. The van der Waals surface area contributed by atoms with Crippen LogP contribution in [-0.2, 0) is 19.6 Å². The molecule has 0 radical (unpaired) electrons. The quantitative estimate of drug-likeness (QED) is 0.821. The van der Waals surface area contributed by atoms with Crippen LogP contribution in [0.4, 0.5) is 11.4 Å². The summed E-state index contributed by atoms with van der Waals surface area (Å²) in [5, 5.41) is 7.89. The Balaban J connectivity index is 2.12. The van der Waals surface area contributed by atoms with Crippen molar-refractivity contribution in [3.8, 4) is 0 Å². The second-order valence-corrected chi connectivity index (χ2v) is 7.96. The van der Waals surface area contributed by atoms with Gasteiger partial charge in [-0.05, 0) is 30.2 Å². The lowest BCUT2D eigenvalue weighted by atomic mass is 9.99. The Morgan fingerprint density at radius 2 is 1.89 bits per heavy atom. The Morgan fingerprint density at radius 3 is 2.52 bits per heavy atom. The van der Waals surface area contributed by atoms with Gasteiger partial charge in [0, 0.05) is 6.42 Å². The van der Waals surface area contributed by atoms with Crippen LogP contribution in [-0.4, -0.2) is 20.2 Å². The van der Waals surface area contributed by atoms with E-state index >= 15 is 0 Å². The fraction of sp³-hybridized carbons (Fsp3) is 0.263. The van der Waals surface area contributed by atoms with Crippen molar-refractivity contribution in [1.82, 2.24) is 0 Å². The van der Waals surface area contributed by atoms with Gasteiger partial charge in [-0.1, -0.05) is 43.7 Å². The summed E-state index contributed by atoms with van der Waals surface area (Å²) in [6, 6.07) is 12.3. The topological polar surface area (TPSA) is 110 Å². The number of unbranched alkanes of at least 4 members (excludes halogenated alkanes) is 1. The van der Waals surface area contributed by atoms with Gasteiger partial charge in [0.25, 0.3) is 5.91 Å². The number of primary sulfonamides is 1. The van der Waals surface area contributed by atoms with Gasteiger partial charge in [-0.15, -0.1) is 0 Å². The molecule has 0 spiro atoms. The Bertz CT molecular complexity index is 974. The summed E-state index contributed by atoms with van der Waals surface area (Å²) in [7, 11) is -3.93. The van der Waals surface area contributed by atoms with Gasteiger partial charge in [0.1, 0.15) is 6.04 Å². The molecule has 1 aliphatic heterocycles. The van der Waals surface area contributed by atoms with Crippen molar-refractivity contribution in [2.45, 2.75) is 37.1 Å². The van der Waals surface area contributed by atoms with Gasteiger partial charge in [-0.25, -0.2) is 13.6 Å². The zero-order valence-electron chi connectivity index (χ0n) is 14.9. The molecule has 0 aromatic heterocycles. The number of nitrogens with zero attached hydrogens (tertiary/aromatic N) is 1.